The van der Waals surface area contributed by atoms with Crippen LogP contribution in [0, 0.1) is 5.92 Å². The van der Waals surface area contributed by atoms with Crippen molar-refractivity contribution in [2.75, 3.05) is 6.54 Å². The molecule has 0 radical (unpaired) electrons. The molecule has 4 aliphatic rings. The summed E-state index contributed by atoms with van der Waals surface area (Å²) in [7, 11) is 0. The lowest BCUT2D eigenvalue weighted by Crippen LogP contribution is -2.52. The van der Waals surface area contributed by atoms with E-state index in [0.717, 1.165) is 23.2 Å². The Labute approximate surface area is 164 Å². The first kappa shape index (κ1) is 17.8. The van der Waals surface area contributed by atoms with Crippen LogP contribution in [-0.2, 0) is 22.7 Å². The lowest BCUT2D eigenvalue weighted by Gasteiger charge is -2.29. The van der Waals surface area contributed by atoms with E-state index in [1.807, 2.05) is 18.2 Å². The number of carbonyl (C=O) groups excluding carboxylic acids is 3. The minimum absolute atomic E-state index is 0.0940. The van der Waals surface area contributed by atoms with Crippen LogP contribution >= 0.6 is 0 Å². The van der Waals surface area contributed by atoms with Crippen LogP contribution in [0.5, 0.6) is 0 Å². The van der Waals surface area contributed by atoms with Crippen LogP contribution in [0.15, 0.2) is 18.2 Å². The third-order valence-corrected chi connectivity index (χ3v) is 6.79. The van der Waals surface area contributed by atoms with Gasteiger partial charge in [-0.05, 0) is 49.3 Å². The fourth-order valence-corrected chi connectivity index (χ4v) is 5.39. The standard InChI is InChI=1S/C21H26N4O3/c26-18-7-6-17(20(27)24-18)25-11-13-3-1-2-12(19(13)21(25)28)9-22-10-14-8-15-4-5-16(14)23-15/h1-3,14-17,22-23H,4-11H2,(H,24,26,27). The highest BCUT2D eigenvalue weighted by molar-refractivity contribution is 6.05. The van der Waals surface area contributed by atoms with Gasteiger partial charge < -0.3 is 15.5 Å². The van der Waals surface area contributed by atoms with Crippen LogP contribution in [-0.4, -0.2) is 47.3 Å². The molecular weight excluding hydrogens is 356 g/mol. The van der Waals surface area contributed by atoms with Crippen LogP contribution in [0.2, 0.25) is 0 Å². The molecule has 3 N–H and O–H groups in total. The van der Waals surface area contributed by atoms with Crippen molar-refractivity contribution in [3.05, 3.63) is 34.9 Å². The highest BCUT2D eigenvalue weighted by Gasteiger charge is 2.40. The molecule has 1 aromatic carbocycles. The molecular formula is C21H26N4O3. The Balaban J connectivity index is 1.26. The summed E-state index contributed by atoms with van der Waals surface area (Å²) >= 11 is 0. The van der Waals surface area contributed by atoms with E-state index in [1.165, 1.54) is 19.3 Å². The van der Waals surface area contributed by atoms with Gasteiger partial charge >= 0.3 is 0 Å². The lowest BCUT2D eigenvalue weighted by atomic mass is 9.89. The van der Waals surface area contributed by atoms with Gasteiger partial charge in [-0.1, -0.05) is 18.2 Å². The van der Waals surface area contributed by atoms with Crippen molar-refractivity contribution in [2.24, 2.45) is 5.92 Å². The number of hydrogen-bond acceptors (Lipinski definition) is 5. The maximum absolute atomic E-state index is 13.1. The molecule has 0 spiro atoms. The molecule has 0 saturated carbocycles. The van der Waals surface area contributed by atoms with E-state index in [4.69, 9.17) is 0 Å². The van der Waals surface area contributed by atoms with Crippen LogP contribution in [0.1, 0.15) is 53.6 Å². The monoisotopic (exact) mass is 382 g/mol. The predicted molar refractivity (Wildman–Crippen MR) is 102 cm³/mol. The topological polar surface area (TPSA) is 90.5 Å². The zero-order chi connectivity index (χ0) is 19.3. The summed E-state index contributed by atoms with van der Waals surface area (Å²) in [5, 5.41) is 9.57. The smallest absolute Gasteiger partial charge is 0.255 e. The van der Waals surface area contributed by atoms with Gasteiger partial charge in [0.05, 0.1) is 0 Å². The van der Waals surface area contributed by atoms with Gasteiger partial charge in [-0.15, -0.1) is 0 Å². The molecule has 4 heterocycles. The quantitative estimate of drug-likeness (QED) is 0.652. The first-order valence-corrected chi connectivity index (χ1v) is 10.3. The molecule has 3 saturated heterocycles. The van der Waals surface area contributed by atoms with Crippen molar-refractivity contribution >= 4 is 17.7 Å². The van der Waals surface area contributed by atoms with E-state index in [0.29, 0.717) is 37.5 Å². The van der Waals surface area contributed by atoms with E-state index in [-0.39, 0.29) is 24.1 Å². The summed E-state index contributed by atoms with van der Waals surface area (Å²) in [6, 6.07) is 6.72. The zero-order valence-electron chi connectivity index (χ0n) is 15.9. The van der Waals surface area contributed by atoms with Gasteiger partial charge in [0.1, 0.15) is 6.04 Å². The SMILES string of the molecule is O=C1CCC(N2Cc3cccc(CNCC4CC5CCC4N5)c3C2=O)C(=O)N1. The fourth-order valence-electron chi connectivity index (χ4n) is 5.39. The number of nitrogens with one attached hydrogen (secondary N) is 3. The predicted octanol–water partition coefficient (Wildman–Crippen LogP) is 0.678. The van der Waals surface area contributed by atoms with E-state index >= 15 is 0 Å². The Kier molecular flexibility index (Phi) is 4.44. The minimum atomic E-state index is -0.557. The Morgan fingerprint density at radius 1 is 1.14 bits per heavy atom. The molecule has 28 heavy (non-hydrogen) atoms. The molecule has 2 bridgehead atoms. The molecule has 4 unspecified atom stereocenters. The molecule has 7 nitrogen and oxygen atoms in total. The third-order valence-electron chi connectivity index (χ3n) is 6.79. The molecule has 4 aliphatic heterocycles. The summed E-state index contributed by atoms with van der Waals surface area (Å²) in [6.45, 7) is 2.06. The van der Waals surface area contributed by atoms with E-state index in [2.05, 4.69) is 16.0 Å². The van der Waals surface area contributed by atoms with Crippen LogP contribution in [0.4, 0.5) is 0 Å². The van der Waals surface area contributed by atoms with Crippen molar-refractivity contribution in [2.45, 2.75) is 63.3 Å². The van der Waals surface area contributed by atoms with Gasteiger partial charge in [0, 0.05) is 37.2 Å². The number of fused-ring (bicyclic) bond motifs is 3. The minimum Gasteiger partial charge on any atom is -0.322 e. The highest BCUT2D eigenvalue weighted by Crippen LogP contribution is 2.33. The summed E-state index contributed by atoms with van der Waals surface area (Å²) in [5.41, 5.74) is 2.69. The van der Waals surface area contributed by atoms with E-state index in [1.54, 1.807) is 4.90 Å². The van der Waals surface area contributed by atoms with E-state index < -0.39 is 6.04 Å². The van der Waals surface area contributed by atoms with Gasteiger partial charge in [-0.3, -0.25) is 19.7 Å². The number of carbonyl (C=O) groups is 3. The second-order valence-electron chi connectivity index (χ2n) is 8.53. The molecule has 148 valence electrons. The third kappa shape index (κ3) is 3.02. The van der Waals surface area contributed by atoms with Crippen molar-refractivity contribution in [1.29, 1.82) is 0 Å². The average Bonchev–Trinajstić information content (AvgIpc) is 3.37. The van der Waals surface area contributed by atoms with Gasteiger partial charge in [-0.2, -0.15) is 0 Å². The number of benzene rings is 1. The second kappa shape index (κ2) is 6.97. The molecule has 3 fully saturated rings. The van der Waals surface area contributed by atoms with Crippen molar-refractivity contribution in [3.8, 4) is 0 Å². The number of hydrogen-bond donors (Lipinski definition) is 3. The van der Waals surface area contributed by atoms with Crippen molar-refractivity contribution in [1.82, 2.24) is 20.9 Å². The lowest BCUT2D eigenvalue weighted by molar-refractivity contribution is -0.136. The summed E-state index contributed by atoms with van der Waals surface area (Å²) < 4.78 is 0. The summed E-state index contributed by atoms with van der Waals surface area (Å²) in [6.07, 6.45) is 4.50. The maximum atomic E-state index is 13.1. The summed E-state index contributed by atoms with van der Waals surface area (Å²) in [5.74, 6) is -0.0408. The van der Waals surface area contributed by atoms with Crippen LogP contribution < -0.4 is 16.0 Å². The highest BCUT2D eigenvalue weighted by atomic mass is 16.2. The first-order valence-electron chi connectivity index (χ1n) is 10.3. The number of rotatable bonds is 5. The molecule has 5 rings (SSSR count). The second-order valence-corrected chi connectivity index (χ2v) is 8.53. The van der Waals surface area contributed by atoms with Gasteiger partial charge in [0.25, 0.3) is 5.91 Å². The number of piperidine rings is 1. The molecule has 3 amide bonds. The maximum Gasteiger partial charge on any atom is 0.255 e. The zero-order valence-corrected chi connectivity index (χ0v) is 15.9. The largest absolute Gasteiger partial charge is 0.322 e. The van der Waals surface area contributed by atoms with Gasteiger partial charge in [0.2, 0.25) is 11.8 Å². The number of imide groups is 1. The number of nitrogens with zero attached hydrogens (tertiary/aromatic N) is 1. The van der Waals surface area contributed by atoms with Crippen molar-refractivity contribution in [3.63, 3.8) is 0 Å². The van der Waals surface area contributed by atoms with Crippen molar-refractivity contribution < 1.29 is 14.4 Å². The molecule has 7 heteroatoms. The summed E-state index contributed by atoms with van der Waals surface area (Å²) in [4.78, 5) is 38.3. The average molecular weight is 382 g/mol. The molecule has 0 aromatic heterocycles. The Hall–Kier alpha value is -2.25. The number of amides is 3. The van der Waals surface area contributed by atoms with E-state index in [9.17, 15) is 14.4 Å². The Morgan fingerprint density at radius 2 is 2.04 bits per heavy atom. The first-order chi connectivity index (χ1) is 13.6. The molecule has 1 aromatic rings. The van der Waals surface area contributed by atoms with Gasteiger partial charge in [-0.25, -0.2) is 0 Å². The van der Waals surface area contributed by atoms with Crippen LogP contribution in [0.25, 0.3) is 0 Å². The van der Waals surface area contributed by atoms with Crippen LogP contribution in [0.3, 0.4) is 0 Å². The Bertz CT molecular complexity index is 839. The van der Waals surface area contributed by atoms with Gasteiger partial charge in [0.15, 0.2) is 0 Å². The molecule has 4 atom stereocenters. The molecule has 0 aliphatic carbocycles. The normalized spacial score (nSPS) is 31.4. The Morgan fingerprint density at radius 3 is 2.79 bits per heavy atom. The fraction of sp³-hybridized carbons (Fsp3) is 0.571.